The van der Waals surface area contributed by atoms with Crippen molar-refractivity contribution in [3.8, 4) is 24.7 Å². The lowest BCUT2D eigenvalue weighted by atomic mass is 9.46. The van der Waals surface area contributed by atoms with Crippen molar-refractivity contribution in [3.63, 3.8) is 0 Å². The molecule has 0 aliphatic heterocycles. The third kappa shape index (κ3) is 4.13. The van der Waals surface area contributed by atoms with E-state index < -0.39 is 11.2 Å². The highest BCUT2D eigenvalue weighted by Gasteiger charge is 2.65. The minimum Gasteiger partial charge on any atom is -0.377 e. The van der Waals surface area contributed by atoms with Gasteiger partial charge in [-0.25, -0.2) is 0 Å². The average molecular weight is 675 g/mol. The molecule has 0 spiro atoms. The maximum atomic E-state index is 11.1. The quantitative estimate of drug-likeness (QED) is 0.273. The van der Waals surface area contributed by atoms with Crippen molar-refractivity contribution in [1.29, 1.82) is 0 Å². The summed E-state index contributed by atoms with van der Waals surface area (Å²) < 4.78 is 10.9. The molecule has 2 heterocycles. The summed E-state index contributed by atoms with van der Waals surface area (Å²) in [6.45, 7) is 9.42. The summed E-state index contributed by atoms with van der Waals surface area (Å²) in [7, 11) is 0. The molecule has 264 valence electrons. The number of hydrogen-bond acceptors (Lipinski definition) is 6. The van der Waals surface area contributed by atoms with Crippen molar-refractivity contribution in [2.24, 2.45) is 57.2 Å². The zero-order valence-corrected chi connectivity index (χ0v) is 30.4. The molecule has 6 heteroatoms. The van der Waals surface area contributed by atoms with Gasteiger partial charge < -0.3 is 19.3 Å². The number of terminal acetylenes is 2. The Labute approximate surface area is 297 Å². The molecular formula is C44H54N2O4. The van der Waals surface area contributed by atoms with Crippen LogP contribution in [-0.4, -0.2) is 31.7 Å². The van der Waals surface area contributed by atoms with Gasteiger partial charge in [-0.1, -0.05) is 61.0 Å². The summed E-state index contributed by atoms with van der Waals surface area (Å²) in [6.07, 6.45) is 34.8. The Bertz CT molecular complexity index is 1740. The van der Waals surface area contributed by atoms with Crippen LogP contribution in [0.15, 0.2) is 32.6 Å². The van der Waals surface area contributed by atoms with E-state index in [1.165, 1.54) is 24.0 Å². The Morgan fingerprint density at radius 1 is 0.620 bits per heavy atom. The average Bonchev–Trinajstić information content (AvgIpc) is 3.87. The van der Waals surface area contributed by atoms with Crippen LogP contribution in [-0.2, 0) is 12.8 Å². The molecule has 8 aliphatic rings. The van der Waals surface area contributed by atoms with Gasteiger partial charge in [0.25, 0.3) is 0 Å². The number of fused-ring (bicyclic) bond motifs is 12. The first kappa shape index (κ1) is 32.8. The second-order valence-corrected chi connectivity index (χ2v) is 18.8. The van der Waals surface area contributed by atoms with Crippen LogP contribution in [0.1, 0.15) is 127 Å². The van der Waals surface area contributed by atoms with E-state index in [9.17, 15) is 10.2 Å². The topological polar surface area (TPSA) is 92.5 Å². The number of allylic oxidation sites excluding steroid dienone is 2. The summed E-state index contributed by atoms with van der Waals surface area (Å²) in [5, 5.41) is 30.2. The van der Waals surface area contributed by atoms with Crippen molar-refractivity contribution in [2.45, 2.75) is 129 Å². The number of rotatable bonds is 0. The molecule has 6 fully saturated rings. The number of nitrogens with zero attached hydrogens (tertiary/aromatic N) is 2. The van der Waals surface area contributed by atoms with Gasteiger partial charge in [0.05, 0.1) is 12.4 Å². The molecular weight excluding hydrogens is 620 g/mol. The molecule has 6 saturated carbocycles. The Kier molecular flexibility index (Phi) is 7.05. The molecule has 0 radical (unpaired) electrons. The Balaban J connectivity index is 0.000000135. The minimum atomic E-state index is -0.909. The van der Waals surface area contributed by atoms with E-state index in [2.05, 4.69) is 62.0 Å². The fourth-order valence-corrected chi connectivity index (χ4v) is 14.3. The highest BCUT2D eigenvalue weighted by molar-refractivity contribution is 5.58. The molecule has 6 nitrogen and oxygen atoms in total. The maximum Gasteiger partial charge on any atom is 0.162 e. The van der Waals surface area contributed by atoms with Gasteiger partial charge in [0.15, 0.2) is 11.5 Å². The zero-order valence-electron chi connectivity index (χ0n) is 30.4. The van der Waals surface area contributed by atoms with Gasteiger partial charge in [0.2, 0.25) is 0 Å². The van der Waals surface area contributed by atoms with Crippen molar-refractivity contribution in [3.05, 3.63) is 46.2 Å². The van der Waals surface area contributed by atoms with Gasteiger partial charge in [0, 0.05) is 22.0 Å². The molecule has 8 aliphatic carbocycles. The van der Waals surface area contributed by atoms with E-state index in [0.29, 0.717) is 35.5 Å². The van der Waals surface area contributed by atoms with Crippen LogP contribution >= 0.6 is 0 Å². The largest absolute Gasteiger partial charge is 0.377 e. The highest BCUT2D eigenvalue weighted by atomic mass is 16.5. The smallest absolute Gasteiger partial charge is 0.162 e. The lowest BCUT2D eigenvalue weighted by Crippen LogP contribution is -2.54. The SMILES string of the molecule is C#C[C@]1(O)CC[C@H]2[C@@H]3CCC4=Cc5oncc5C[C@]4(C)[C@H]3CC[C@@]21C.C#C[C@]1(O)CC[C@H]2[C@@H]3CCC4=Cc5oncc5C[C@]4(C)[C@H]3CC[C@@]21C. The molecule has 0 amide bonds. The predicted molar refractivity (Wildman–Crippen MR) is 193 cm³/mol. The van der Waals surface area contributed by atoms with Gasteiger partial charge in [-0.3, -0.25) is 0 Å². The molecule has 0 aromatic carbocycles. The second-order valence-electron chi connectivity index (χ2n) is 18.8. The summed E-state index contributed by atoms with van der Waals surface area (Å²) in [5.41, 5.74) is 3.98. The van der Waals surface area contributed by atoms with E-state index in [4.69, 9.17) is 21.9 Å². The van der Waals surface area contributed by atoms with Crippen molar-refractivity contribution < 1.29 is 19.3 Å². The number of aliphatic hydroxyl groups is 2. The Morgan fingerprint density at radius 3 is 1.42 bits per heavy atom. The van der Waals surface area contributed by atoms with Gasteiger partial charge in [0.1, 0.15) is 11.2 Å². The fraction of sp³-hybridized carbons (Fsp3) is 0.682. The lowest BCUT2D eigenvalue weighted by Gasteiger charge is -2.58. The Morgan fingerprint density at radius 2 is 1.02 bits per heavy atom. The molecule has 0 unspecified atom stereocenters. The summed E-state index contributed by atoms with van der Waals surface area (Å²) in [5.74, 6) is 11.3. The van der Waals surface area contributed by atoms with E-state index in [0.717, 1.165) is 88.6 Å². The first-order chi connectivity index (χ1) is 23.8. The standard InChI is InChI=1S/2C22H27NO2/c2*1-4-22(24)10-8-18-16-6-5-15-11-19-14(13-23-25-19)12-20(15,2)17(16)7-9-21(18,22)3/h2*1,11,13,16-18,24H,5-10,12H2,2-3H3/t2*16-,17+,18+,20+,21+,22+/m11/s1. The molecule has 2 aromatic rings. The van der Waals surface area contributed by atoms with Crippen LogP contribution in [0.25, 0.3) is 12.2 Å². The summed E-state index contributed by atoms with van der Waals surface area (Å²) in [4.78, 5) is 0. The normalized spacial score (nSPS) is 47.8. The molecule has 0 saturated heterocycles. The van der Waals surface area contributed by atoms with Crippen LogP contribution < -0.4 is 0 Å². The molecule has 2 aromatic heterocycles. The van der Waals surface area contributed by atoms with Gasteiger partial charge in [-0.15, -0.1) is 12.8 Å². The van der Waals surface area contributed by atoms with Gasteiger partial charge >= 0.3 is 0 Å². The van der Waals surface area contributed by atoms with E-state index in [-0.39, 0.29) is 21.7 Å². The monoisotopic (exact) mass is 674 g/mol. The zero-order chi connectivity index (χ0) is 34.9. The molecule has 2 N–H and O–H groups in total. The Hall–Kier alpha value is -3.06. The molecule has 0 bridgehead atoms. The van der Waals surface area contributed by atoms with Crippen LogP contribution in [0.3, 0.4) is 0 Å². The third-order valence-corrected chi connectivity index (χ3v) is 17.3. The van der Waals surface area contributed by atoms with E-state index >= 15 is 0 Å². The van der Waals surface area contributed by atoms with Crippen LogP contribution in [0.4, 0.5) is 0 Å². The van der Waals surface area contributed by atoms with Gasteiger partial charge in [-0.2, -0.15) is 0 Å². The number of aromatic nitrogens is 2. The molecule has 10 rings (SSSR count). The minimum absolute atomic E-state index is 0.114. The van der Waals surface area contributed by atoms with Crippen molar-refractivity contribution >= 4 is 12.2 Å². The maximum absolute atomic E-state index is 11.1. The first-order valence-corrected chi connectivity index (χ1v) is 19.5. The van der Waals surface area contributed by atoms with Crippen LogP contribution in [0.5, 0.6) is 0 Å². The second kappa shape index (κ2) is 10.7. The number of hydrogen-bond donors (Lipinski definition) is 2. The van der Waals surface area contributed by atoms with Gasteiger partial charge in [-0.05, 0) is 148 Å². The molecule has 50 heavy (non-hydrogen) atoms. The summed E-state index contributed by atoms with van der Waals surface area (Å²) >= 11 is 0. The van der Waals surface area contributed by atoms with Crippen LogP contribution in [0, 0.1) is 81.9 Å². The molecule has 12 atom stereocenters. The first-order valence-electron chi connectivity index (χ1n) is 19.5. The van der Waals surface area contributed by atoms with E-state index in [1.807, 2.05) is 12.4 Å². The lowest BCUT2D eigenvalue weighted by molar-refractivity contribution is -0.0975. The predicted octanol–water partition coefficient (Wildman–Crippen LogP) is 8.44. The van der Waals surface area contributed by atoms with Crippen molar-refractivity contribution in [2.75, 3.05) is 0 Å². The third-order valence-electron chi connectivity index (χ3n) is 17.3. The van der Waals surface area contributed by atoms with Crippen molar-refractivity contribution in [1.82, 2.24) is 10.3 Å². The van der Waals surface area contributed by atoms with Crippen LogP contribution in [0.2, 0.25) is 0 Å². The fourth-order valence-electron chi connectivity index (χ4n) is 14.3. The highest BCUT2D eigenvalue weighted by Crippen LogP contribution is 2.69. The summed E-state index contributed by atoms with van der Waals surface area (Å²) in [6, 6.07) is 0. The van der Waals surface area contributed by atoms with E-state index in [1.54, 1.807) is 11.1 Å².